The first-order chi connectivity index (χ1) is 25.0. The number of fused-ring (bicyclic) bond motifs is 3. The standard InChI is InChI=1S/C41H39N5O4SSi/c1-52(2,3)26-23-30-9-13-31(14-10-30)40(47)32-15-19-34(20-16-32)50-28-38-44-37-27-43-41-36(22-25-45(41)51(48,49)35-7-5-4-6-8-35)39(37)46(38)33-17-11-29(12-18-33)21-24-42/h4-10,13-16,19-20,22,25,27,29,33H,11-12,17-18,21,28H2,1-3H3. The molecule has 7 rings (SSSR count). The molecule has 1 aliphatic rings. The zero-order chi connectivity index (χ0) is 36.5. The summed E-state index contributed by atoms with van der Waals surface area (Å²) in [6.07, 6.45) is 7.28. The van der Waals surface area contributed by atoms with Gasteiger partial charge in [0.25, 0.3) is 10.0 Å². The summed E-state index contributed by atoms with van der Waals surface area (Å²) in [5, 5.41) is 9.98. The Hall–Kier alpha value is -5.49. The predicted molar refractivity (Wildman–Crippen MR) is 204 cm³/mol. The lowest BCUT2D eigenvalue weighted by molar-refractivity contribution is 0.103. The Morgan fingerprint density at radius 2 is 1.60 bits per heavy atom. The fraction of sp³-hybridized carbons (Fsp3) is 0.268. The van der Waals surface area contributed by atoms with Gasteiger partial charge in [-0.2, -0.15) is 5.26 Å². The summed E-state index contributed by atoms with van der Waals surface area (Å²) in [6.45, 7) is 6.75. The van der Waals surface area contributed by atoms with Crippen LogP contribution in [-0.4, -0.2) is 40.8 Å². The van der Waals surface area contributed by atoms with Crippen LogP contribution < -0.4 is 4.74 Å². The van der Waals surface area contributed by atoms with Gasteiger partial charge < -0.3 is 9.30 Å². The van der Waals surface area contributed by atoms with Gasteiger partial charge in [-0.25, -0.2) is 22.4 Å². The number of hydrogen-bond donors (Lipinski definition) is 0. The summed E-state index contributed by atoms with van der Waals surface area (Å²) in [6, 6.07) is 27.0. The van der Waals surface area contributed by atoms with Crippen molar-refractivity contribution in [2.75, 3.05) is 0 Å². The zero-order valence-electron chi connectivity index (χ0n) is 29.4. The highest BCUT2D eigenvalue weighted by Crippen LogP contribution is 2.38. The molecule has 0 aliphatic heterocycles. The molecule has 52 heavy (non-hydrogen) atoms. The Labute approximate surface area is 305 Å². The Morgan fingerprint density at radius 1 is 0.923 bits per heavy atom. The topological polar surface area (TPSA) is 120 Å². The van der Waals surface area contributed by atoms with Crippen LogP contribution in [0.15, 0.2) is 102 Å². The Morgan fingerprint density at radius 3 is 2.25 bits per heavy atom. The molecule has 0 atom stereocenters. The zero-order valence-corrected chi connectivity index (χ0v) is 31.2. The van der Waals surface area contributed by atoms with Gasteiger partial charge >= 0.3 is 0 Å². The van der Waals surface area contributed by atoms with Crippen LogP contribution in [0.1, 0.15) is 65.5 Å². The molecule has 1 aliphatic carbocycles. The normalized spacial score (nSPS) is 16.3. The number of nitrogens with zero attached hydrogens (tertiary/aromatic N) is 5. The second-order valence-electron chi connectivity index (χ2n) is 14.3. The predicted octanol–water partition coefficient (Wildman–Crippen LogP) is 8.31. The van der Waals surface area contributed by atoms with E-state index in [2.05, 4.69) is 46.7 Å². The van der Waals surface area contributed by atoms with Crippen LogP contribution in [0.5, 0.6) is 5.75 Å². The highest BCUT2D eigenvalue weighted by molar-refractivity contribution is 7.90. The van der Waals surface area contributed by atoms with Gasteiger partial charge in [-0.05, 0) is 98.3 Å². The summed E-state index contributed by atoms with van der Waals surface area (Å²) in [7, 11) is -5.37. The van der Waals surface area contributed by atoms with Crippen LogP contribution in [0.25, 0.3) is 22.1 Å². The van der Waals surface area contributed by atoms with E-state index in [-0.39, 0.29) is 23.3 Å². The first-order valence-electron chi connectivity index (χ1n) is 17.5. The average Bonchev–Trinajstić information content (AvgIpc) is 3.76. The highest BCUT2D eigenvalue weighted by atomic mass is 32.2. The summed E-state index contributed by atoms with van der Waals surface area (Å²) in [5.74, 6) is 4.79. The molecule has 6 aromatic rings. The molecule has 1 saturated carbocycles. The van der Waals surface area contributed by atoms with Crippen LogP contribution in [0.2, 0.25) is 19.6 Å². The molecule has 0 spiro atoms. The number of carbonyl (C=O) groups excluding carboxylic acids is 1. The quantitative estimate of drug-likeness (QED) is 0.0836. The number of benzene rings is 3. The van der Waals surface area contributed by atoms with Gasteiger partial charge in [0.15, 0.2) is 11.4 Å². The van der Waals surface area contributed by atoms with Crippen molar-refractivity contribution in [1.82, 2.24) is 18.5 Å². The van der Waals surface area contributed by atoms with Crippen molar-refractivity contribution in [3.63, 3.8) is 0 Å². The van der Waals surface area contributed by atoms with E-state index in [0.717, 1.165) is 36.8 Å². The molecule has 1 fully saturated rings. The van der Waals surface area contributed by atoms with Crippen molar-refractivity contribution >= 4 is 45.9 Å². The molecule has 11 heteroatoms. The smallest absolute Gasteiger partial charge is 0.269 e. The molecular formula is C41H39N5O4SSi. The second-order valence-corrected chi connectivity index (χ2v) is 20.9. The van der Waals surface area contributed by atoms with Crippen molar-refractivity contribution in [3.8, 4) is 23.3 Å². The second kappa shape index (κ2) is 14.3. The molecular weight excluding hydrogens is 687 g/mol. The van der Waals surface area contributed by atoms with E-state index < -0.39 is 18.1 Å². The molecule has 0 unspecified atom stereocenters. The Balaban J connectivity index is 1.17. The summed E-state index contributed by atoms with van der Waals surface area (Å²) in [4.78, 5) is 23.0. The molecule has 0 radical (unpaired) electrons. The van der Waals surface area contributed by atoms with E-state index in [1.807, 2.05) is 24.3 Å². The largest absolute Gasteiger partial charge is 0.486 e. The molecule has 262 valence electrons. The number of imidazole rings is 1. The van der Waals surface area contributed by atoms with E-state index in [1.165, 1.54) is 3.97 Å². The molecule has 3 aromatic carbocycles. The van der Waals surface area contributed by atoms with Crippen molar-refractivity contribution < 1.29 is 17.9 Å². The molecule has 3 aromatic heterocycles. The molecule has 9 nitrogen and oxygen atoms in total. The third-order valence-electron chi connectivity index (χ3n) is 9.48. The van der Waals surface area contributed by atoms with Gasteiger partial charge in [-0.1, -0.05) is 43.8 Å². The number of pyridine rings is 1. The van der Waals surface area contributed by atoms with E-state index >= 15 is 0 Å². The van der Waals surface area contributed by atoms with Gasteiger partial charge in [0.05, 0.1) is 22.7 Å². The molecule has 0 bridgehead atoms. The number of ether oxygens (including phenoxy) is 1. The lowest BCUT2D eigenvalue weighted by Gasteiger charge is -2.30. The fourth-order valence-electron chi connectivity index (χ4n) is 6.81. The van der Waals surface area contributed by atoms with Crippen LogP contribution in [-0.2, 0) is 16.6 Å². The van der Waals surface area contributed by atoms with Gasteiger partial charge in [-0.15, -0.1) is 5.54 Å². The fourth-order valence-corrected chi connectivity index (χ4v) is 8.65. The maximum absolute atomic E-state index is 13.6. The first kappa shape index (κ1) is 34.9. The van der Waals surface area contributed by atoms with Crippen LogP contribution in [0.3, 0.4) is 0 Å². The number of nitriles is 1. The van der Waals surface area contributed by atoms with Crippen molar-refractivity contribution in [1.29, 1.82) is 5.26 Å². The van der Waals surface area contributed by atoms with E-state index in [4.69, 9.17) is 9.72 Å². The SMILES string of the molecule is C[Si](C)(C)C#Cc1ccc(C(=O)c2ccc(OCc3nc4cnc5c(ccn5S(=O)(=O)c5ccccc5)c4n3C3CCC(CC#N)CC3)cc2)cc1. The Bertz CT molecular complexity index is 2470. The van der Waals surface area contributed by atoms with Crippen LogP contribution >= 0.6 is 0 Å². The van der Waals surface area contributed by atoms with Gasteiger partial charge in [0.2, 0.25) is 0 Å². The van der Waals surface area contributed by atoms with E-state index in [1.54, 1.807) is 73.1 Å². The third kappa shape index (κ3) is 7.16. The minimum Gasteiger partial charge on any atom is -0.486 e. The minimum atomic E-state index is -3.88. The van der Waals surface area contributed by atoms with Crippen molar-refractivity contribution in [3.05, 3.63) is 120 Å². The maximum Gasteiger partial charge on any atom is 0.269 e. The molecule has 0 saturated heterocycles. The average molecular weight is 726 g/mol. The monoisotopic (exact) mass is 725 g/mol. The van der Waals surface area contributed by atoms with E-state index in [0.29, 0.717) is 51.6 Å². The molecule has 0 amide bonds. The summed E-state index contributed by atoms with van der Waals surface area (Å²) >= 11 is 0. The van der Waals surface area contributed by atoms with Crippen LogP contribution in [0, 0.1) is 28.7 Å². The number of ketones is 1. The van der Waals surface area contributed by atoms with Crippen molar-refractivity contribution in [2.45, 2.75) is 69.3 Å². The molecule has 0 N–H and O–H groups in total. The van der Waals surface area contributed by atoms with Gasteiger partial charge in [0.1, 0.15) is 31.8 Å². The number of hydrogen-bond acceptors (Lipinski definition) is 7. The van der Waals surface area contributed by atoms with Crippen LogP contribution in [0.4, 0.5) is 0 Å². The number of aromatic nitrogens is 4. The Kier molecular flexibility index (Phi) is 9.58. The lowest BCUT2D eigenvalue weighted by Crippen LogP contribution is -2.20. The maximum atomic E-state index is 13.6. The van der Waals surface area contributed by atoms with E-state index in [9.17, 15) is 18.5 Å². The number of carbonyl (C=O) groups is 1. The minimum absolute atomic E-state index is 0.0808. The van der Waals surface area contributed by atoms with Gasteiger partial charge in [-0.3, -0.25) is 4.79 Å². The van der Waals surface area contributed by atoms with Crippen molar-refractivity contribution in [2.24, 2.45) is 5.92 Å². The lowest BCUT2D eigenvalue weighted by atomic mass is 9.84. The summed E-state index contributed by atoms with van der Waals surface area (Å²) in [5.41, 5.74) is 7.19. The number of rotatable bonds is 9. The summed E-state index contributed by atoms with van der Waals surface area (Å²) < 4.78 is 37.0. The third-order valence-corrected chi connectivity index (χ3v) is 12.0. The highest BCUT2D eigenvalue weighted by Gasteiger charge is 2.29. The first-order valence-corrected chi connectivity index (χ1v) is 22.4. The van der Waals surface area contributed by atoms with Gasteiger partial charge in [0, 0.05) is 40.7 Å². The molecule has 3 heterocycles.